The zero-order valence-corrected chi connectivity index (χ0v) is 11.0. The smallest absolute Gasteiger partial charge is 0.313 e. The van der Waals surface area contributed by atoms with Gasteiger partial charge in [-0.15, -0.1) is 6.58 Å². The van der Waals surface area contributed by atoms with Gasteiger partial charge in [-0.25, -0.2) is 0 Å². The predicted octanol–water partition coefficient (Wildman–Crippen LogP) is 2.05. The molecule has 0 amide bonds. The maximum Gasteiger partial charge on any atom is 0.313 e. The monoisotopic (exact) mass is 266 g/mol. The van der Waals surface area contributed by atoms with Gasteiger partial charge in [0.15, 0.2) is 0 Å². The van der Waals surface area contributed by atoms with Crippen molar-refractivity contribution in [1.82, 2.24) is 5.48 Å². The van der Waals surface area contributed by atoms with Crippen LogP contribution in [0.5, 0.6) is 5.75 Å². The van der Waals surface area contributed by atoms with Crippen LogP contribution in [0.3, 0.4) is 0 Å². The van der Waals surface area contributed by atoms with E-state index < -0.39 is 16.4 Å². The second-order valence-electron chi connectivity index (χ2n) is 4.72. The van der Waals surface area contributed by atoms with Gasteiger partial charge in [-0.2, -0.15) is 5.48 Å². The lowest BCUT2D eigenvalue weighted by Gasteiger charge is -2.26. The first-order chi connectivity index (χ1) is 8.88. The summed E-state index contributed by atoms with van der Waals surface area (Å²) in [5.41, 5.74) is 1.93. The SMILES string of the molecule is C=CC(C)(C)C(O)CNOc1ccccc1[N+](=O)[O-]. The molecule has 19 heavy (non-hydrogen) atoms. The number of nitrogens with one attached hydrogen (secondary N) is 1. The van der Waals surface area contributed by atoms with Crippen LogP contribution in [-0.4, -0.2) is 22.7 Å². The zero-order valence-electron chi connectivity index (χ0n) is 11.0. The van der Waals surface area contributed by atoms with Gasteiger partial charge in [-0.3, -0.25) is 10.1 Å². The minimum Gasteiger partial charge on any atom is -0.401 e. The third-order valence-electron chi connectivity index (χ3n) is 2.91. The molecule has 1 rings (SSSR count). The van der Waals surface area contributed by atoms with Crippen LogP contribution in [0.1, 0.15) is 13.8 Å². The molecule has 0 spiro atoms. The maximum absolute atomic E-state index is 10.8. The molecular formula is C13H18N2O4. The number of hydrogen-bond donors (Lipinski definition) is 2. The number of nitro groups is 1. The molecule has 0 bridgehead atoms. The molecule has 0 fully saturated rings. The molecule has 0 aromatic heterocycles. The largest absolute Gasteiger partial charge is 0.401 e. The molecule has 0 aliphatic rings. The minimum absolute atomic E-state index is 0.108. The van der Waals surface area contributed by atoms with E-state index in [1.54, 1.807) is 18.2 Å². The topological polar surface area (TPSA) is 84.6 Å². The van der Waals surface area contributed by atoms with E-state index >= 15 is 0 Å². The lowest BCUT2D eigenvalue weighted by atomic mass is 9.87. The van der Waals surface area contributed by atoms with E-state index in [1.807, 2.05) is 13.8 Å². The van der Waals surface area contributed by atoms with Crippen LogP contribution >= 0.6 is 0 Å². The second-order valence-corrected chi connectivity index (χ2v) is 4.72. The summed E-state index contributed by atoms with van der Waals surface area (Å²) in [6.07, 6.45) is 0.928. The van der Waals surface area contributed by atoms with E-state index in [4.69, 9.17) is 4.84 Å². The first-order valence-corrected chi connectivity index (χ1v) is 5.83. The molecule has 6 nitrogen and oxygen atoms in total. The number of para-hydroxylation sites is 2. The van der Waals surface area contributed by atoms with Crippen molar-refractivity contribution in [2.24, 2.45) is 5.41 Å². The van der Waals surface area contributed by atoms with Crippen LogP contribution in [0.2, 0.25) is 0 Å². The van der Waals surface area contributed by atoms with Crippen LogP contribution in [0.4, 0.5) is 5.69 Å². The Morgan fingerprint density at radius 3 is 2.79 bits per heavy atom. The molecule has 1 aromatic carbocycles. The Morgan fingerprint density at radius 1 is 1.58 bits per heavy atom. The van der Waals surface area contributed by atoms with Gasteiger partial charge in [0.25, 0.3) is 0 Å². The summed E-state index contributed by atoms with van der Waals surface area (Å²) in [5.74, 6) is 0.108. The minimum atomic E-state index is -0.715. The highest BCUT2D eigenvalue weighted by atomic mass is 16.7. The van der Waals surface area contributed by atoms with Crippen LogP contribution in [-0.2, 0) is 0 Å². The van der Waals surface area contributed by atoms with E-state index in [2.05, 4.69) is 12.1 Å². The number of hydrogen-bond acceptors (Lipinski definition) is 5. The Balaban J connectivity index is 2.59. The Bertz CT molecular complexity index is 460. The molecule has 1 aromatic rings. The standard InChI is InChI=1S/C13H18N2O4/c1-4-13(2,3)12(16)9-14-19-11-8-6-5-7-10(11)15(17)18/h4-8,12,14,16H,1,9H2,2-3H3. The molecule has 0 aliphatic heterocycles. The molecule has 0 heterocycles. The molecule has 1 unspecified atom stereocenters. The van der Waals surface area contributed by atoms with Gasteiger partial charge in [0.1, 0.15) is 0 Å². The fourth-order valence-electron chi connectivity index (χ4n) is 1.29. The Labute approximate surface area is 111 Å². The molecule has 0 radical (unpaired) electrons. The highest BCUT2D eigenvalue weighted by Crippen LogP contribution is 2.25. The number of aliphatic hydroxyl groups excluding tert-OH is 1. The predicted molar refractivity (Wildman–Crippen MR) is 71.7 cm³/mol. The van der Waals surface area contributed by atoms with Gasteiger partial charge < -0.3 is 9.94 Å². The number of aliphatic hydroxyl groups is 1. The van der Waals surface area contributed by atoms with Crippen LogP contribution < -0.4 is 10.3 Å². The number of hydroxylamine groups is 1. The highest BCUT2D eigenvalue weighted by Gasteiger charge is 2.24. The van der Waals surface area contributed by atoms with E-state index in [1.165, 1.54) is 12.1 Å². The van der Waals surface area contributed by atoms with Crippen LogP contribution in [0.25, 0.3) is 0 Å². The van der Waals surface area contributed by atoms with Crippen molar-refractivity contribution < 1.29 is 14.9 Å². The van der Waals surface area contributed by atoms with Crippen LogP contribution in [0.15, 0.2) is 36.9 Å². The molecule has 2 N–H and O–H groups in total. The van der Waals surface area contributed by atoms with Crippen molar-refractivity contribution in [3.05, 3.63) is 47.0 Å². The van der Waals surface area contributed by atoms with Gasteiger partial charge in [0.2, 0.25) is 5.75 Å². The number of nitro benzene ring substituents is 1. The summed E-state index contributed by atoms with van der Waals surface area (Å²) < 4.78 is 0. The quantitative estimate of drug-likeness (QED) is 0.448. The maximum atomic E-state index is 10.8. The van der Waals surface area contributed by atoms with Gasteiger partial charge >= 0.3 is 5.69 Å². The summed E-state index contributed by atoms with van der Waals surface area (Å²) in [6.45, 7) is 7.43. The lowest BCUT2D eigenvalue weighted by Crippen LogP contribution is -2.38. The average Bonchev–Trinajstić information content (AvgIpc) is 2.38. The summed E-state index contributed by atoms with van der Waals surface area (Å²) in [5, 5.41) is 20.6. The molecule has 0 aliphatic carbocycles. The van der Waals surface area contributed by atoms with Crippen molar-refractivity contribution in [3.63, 3.8) is 0 Å². The van der Waals surface area contributed by atoms with Crippen molar-refractivity contribution >= 4 is 5.69 Å². The van der Waals surface area contributed by atoms with Crippen molar-refractivity contribution in [2.45, 2.75) is 20.0 Å². The van der Waals surface area contributed by atoms with Gasteiger partial charge in [0.05, 0.1) is 17.6 Å². The van der Waals surface area contributed by atoms with Crippen molar-refractivity contribution in [2.75, 3.05) is 6.54 Å². The third-order valence-corrected chi connectivity index (χ3v) is 2.91. The van der Waals surface area contributed by atoms with Crippen molar-refractivity contribution in [1.29, 1.82) is 0 Å². The molecule has 104 valence electrons. The fourth-order valence-corrected chi connectivity index (χ4v) is 1.29. The summed E-state index contributed by atoms with van der Waals surface area (Å²) in [7, 11) is 0. The van der Waals surface area contributed by atoms with Gasteiger partial charge in [-0.1, -0.05) is 32.1 Å². The van der Waals surface area contributed by atoms with E-state index in [0.717, 1.165) is 0 Å². The van der Waals surface area contributed by atoms with Gasteiger partial charge in [0, 0.05) is 11.5 Å². The lowest BCUT2D eigenvalue weighted by molar-refractivity contribution is -0.386. The zero-order chi connectivity index (χ0) is 14.5. The number of nitrogens with zero attached hydrogens (tertiary/aromatic N) is 1. The van der Waals surface area contributed by atoms with E-state index in [9.17, 15) is 15.2 Å². The Kier molecular flexibility index (Phi) is 5.02. The molecular weight excluding hydrogens is 248 g/mol. The molecule has 0 saturated carbocycles. The summed E-state index contributed by atoms with van der Waals surface area (Å²) >= 11 is 0. The first kappa shape index (κ1) is 15.1. The highest BCUT2D eigenvalue weighted by molar-refractivity contribution is 5.45. The normalized spacial score (nSPS) is 12.8. The molecule has 1 atom stereocenters. The number of rotatable bonds is 7. The van der Waals surface area contributed by atoms with Crippen molar-refractivity contribution in [3.8, 4) is 5.75 Å². The summed E-state index contributed by atoms with van der Waals surface area (Å²) in [4.78, 5) is 15.4. The second kappa shape index (κ2) is 6.31. The number of benzene rings is 1. The Hall–Kier alpha value is -1.92. The average molecular weight is 266 g/mol. The summed E-state index contributed by atoms with van der Waals surface area (Å²) in [6, 6.07) is 6.02. The van der Waals surface area contributed by atoms with E-state index in [-0.39, 0.29) is 18.0 Å². The first-order valence-electron chi connectivity index (χ1n) is 5.83. The third kappa shape index (κ3) is 4.04. The molecule has 6 heteroatoms. The van der Waals surface area contributed by atoms with E-state index in [0.29, 0.717) is 0 Å². The van der Waals surface area contributed by atoms with Crippen LogP contribution in [0, 0.1) is 15.5 Å². The fraction of sp³-hybridized carbons (Fsp3) is 0.385. The molecule has 0 saturated heterocycles. The Morgan fingerprint density at radius 2 is 2.21 bits per heavy atom. The van der Waals surface area contributed by atoms with Gasteiger partial charge in [-0.05, 0) is 6.07 Å².